The number of rotatable bonds is 10. The molecular formula is C20H25F2N2O3+. The van der Waals surface area contributed by atoms with Crippen LogP contribution >= 0.6 is 0 Å². The minimum atomic E-state index is -0.886. The fraction of sp³-hybridized carbons (Fsp3) is 0.350. The van der Waals surface area contributed by atoms with Crippen molar-refractivity contribution in [3.05, 3.63) is 59.7 Å². The van der Waals surface area contributed by atoms with Crippen LogP contribution in [0.15, 0.2) is 42.5 Å². The summed E-state index contributed by atoms with van der Waals surface area (Å²) in [4.78, 5) is 11.9. The first-order valence-corrected chi connectivity index (χ1v) is 8.90. The van der Waals surface area contributed by atoms with Gasteiger partial charge in [-0.3, -0.25) is 4.79 Å². The summed E-state index contributed by atoms with van der Waals surface area (Å²) in [6, 6.07) is 10.9. The number of carbonyl (C=O) groups is 1. The van der Waals surface area contributed by atoms with E-state index >= 15 is 0 Å². The van der Waals surface area contributed by atoms with Gasteiger partial charge in [-0.25, -0.2) is 8.78 Å². The van der Waals surface area contributed by atoms with Gasteiger partial charge in [0, 0.05) is 5.56 Å². The quantitative estimate of drug-likeness (QED) is 0.622. The molecule has 27 heavy (non-hydrogen) atoms. The van der Waals surface area contributed by atoms with E-state index < -0.39 is 11.6 Å². The highest BCUT2D eigenvalue weighted by Crippen LogP contribution is 2.17. The number of nitrogens with two attached hydrogens (primary N) is 1. The Hall–Kier alpha value is -2.67. The van der Waals surface area contributed by atoms with Crippen LogP contribution in [0, 0.1) is 11.6 Å². The highest BCUT2D eigenvalue weighted by molar-refractivity contribution is 5.76. The van der Waals surface area contributed by atoms with Crippen LogP contribution in [-0.2, 0) is 4.79 Å². The Balaban J connectivity index is 1.64. The van der Waals surface area contributed by atoms with E-state index in [1.54, 1.807) is 5.32 Å². The number of halogens is 2. The van der Waals surface area contributed by atoms with Crippen LogP contribution in [-0.4, -0.2) is 32.2 Å². The van der Waals surface area contributed by atoms with Gasteiger partial charge in [-0.2, -0.15) is 0 Å². The topological polar surface area (TPSA) is 64.2 Å². The van der Waals surface area contributed by atoms with Crippen LogP contribution in [0.5, 0.6) is 11.5 Å². The molecule has 3 N–H and O–H groups in total. The summed E-state index contributed by atoms with van der Waals surface area (Å²) in [5, 5.41) is 4.52. The number of quaternary nitrogens is 1. The Kier molecular flexibility index (Phi) is 8.00. The van der Waals surface area contributed by atoms with Gasteiger partial charge >= 0.3 is 0 Å². The summed E-state index contributed by atoms with van der Waals surface area (Å²) in [6.45, 7) is 5.26. The lowest BCUT2D eigenvalue weighted by atomic mass is 10.1. The molecule has 0 saturated heterocycles. The molecule has 146 valence electrons. The zero-order valence-corrected chi connectivity index (χ0v) is 15.5. The minimum Gasteiger partial charge on any atom is -0.494 e. The van der Waals surface area contributed by atoms with Crippen LogP contribution in [0.1, 0.15) is 25.5 Å². The molecule has 2 aromatic carbocycles. The summed E-state index contributed by atoms with van der Waals surface area (Å²) >= 11 is 0. The molecule has 0 heterocycles. The second-order valence-electron chi connectivity index (χ2n) is 6.00. The zero-order chi connectivity index (χ0) is 19.6. The van der Waals surface area contributed by atoms with Crippen molar-refractivity contribution in [2.24, 2.45) is 0 Å². The van der Waals surface area contributed by atoms with Gasteiger partial charge in [0.1, 0.15) is 24.1 Å². The van der Waals surface area contributed by atoms with Crippen LogP contribution in [0.3, 0.4) is 0 Å². The summed E-state index contributed by atoms with van der Waals surface area (Å²) in [5.41, 5.74) is 0.625. The maximum absolute atomic E-state index is 13.3. The maximum Gasteiger partial charge on any atom is 0.275 e. The van der Waals surface area contributed by atoms with Gasteiger partial charge in [0.2, 0.25) is 0 Å². The molecule has 0 spiro atoms. The van der Waals surface area contributed by atoms with E-state index in [1.807, 2.05) is 38.1 Å². The largest absolute Gasteiger partial charge is 0.494 e. The van der Waals surface area contributed by atoms with Gasteiger partial charge in [0.15, 0.2) is 18.2 Å². The molecule has 0 aliphatic carbocycles. The Bertz CT molecular complexity index is 739. The predicted octanol–water partition coefficient (Wildman–Crippen LogP) is 2.18. The second kappa shape index (κ2) is 10.5. The standard InChI is InChI=1S/C20H24F2N2O3/c1-3-26-16-5-7-17(8-6-16)27-11-10-23-20(25)13-24-14(2)15-4-9-18(21)19(22)12-15/h4-9,12,14,24H,3,10-11,13H2,1-2H3,(H,23,25)/p+1/t14-/m0/s1. The molecule has 0 fully saturated rings. The van der Waals surface area contributed by atoms with E-state index in [2.05, 4.69) is 5.32 Å². The monoisotopic (exact) mass is 379 g/mol. The van der Waals surface area contributed by atoms with Crippen molar-refractivity contribution in [3.8, 4) is 11.5 Å². The lowest BCUT2D eigenvalue weighted by Gasteiger charge is -2.12. The van der Waals surface area contributed by atoms with Gasteiger partial charge in [-0.05, 0) is 56.3 Å². The van der Waals surface area contributed by atoms with Gasteiger partial charge in [0.25, 0.3) is 5.91 Å². The molecule has 0 aromatic heterocycles. The van der Waals surface area contributed by atoms with Crippen LogP contribution in [0.2, 0.25) is 0 Å². The van der Waals surface area contributed by atoms with Crippen molar-refractivity contribution in [1.82, 2.24) is 5.32 Å². The van der Waals surface area contributed by atoms with Crippen LogP contribution < -0.4 is 20.1 Å². The second-order valence-corrected chi connectivity index (χ2v) is 6.00. The van der Waals surface area contributed by atoms with Gasteiger partial charge < -0.3 is 20.1 Å². The number of hydrogen-bond acceptors (Lipinski definition) is 3. The molecule has 7 heteroatoms. The number of nitrogens with one attached hydrogen (secondary N) is 1. The van der Waals surface area contributed by atoms with Gasteiger partial charge in [-0.1, -0.05) is 0 Å². The van der Waals surface area contributed by atoms with E-state index in [0.29, 0.717) is 31.1 Å². The van der Waals surface area contributed by atoms with E-state index in [-0.39, 0.29) is 18.5 Å². The summed E-state index contributed by atoms with van der Waals surface area (Å²) < 4.78 is 37.1. The lowest BCUT2D eigenvalue weighted by Crippen LogP contribution is -2.87. The zero-order valence-electron chi connectivity index (χ0n) is 15.5. The SMILES string of the molecule is CCOc1ccc(OCCNC(=O)C[NH2+][C@@H](C)c2ccc(F)c(F)c2)cc1. The number of ether oxygens (including phenoxy) is 2. The lowest BCUT2D eigenvalue weighted by molar-refractivity contribution is -0.682. The highest BCUT2D eigenvalue weighted by Gasteiger charge is 2.13. The van der Waals surface area contributed by atoms with Crippen molar-refractivity contribution in [1.29, 1.82) is 0 Å². The van der Waals surface area contributed by atoms with E-state index in [4.69, 9.17) is 9.47 Å². The summed E-state index contributed by atoms with van der Waals surface area (Å²) in [6.07, 6.45) is 0. The molecule has 0 aliphatic heterocycles. The molecule has 0 unspecified atom stereocenters. The molecular weight excluding hydrogens is 354 g/mol. The number of benzene rings is 2. The number of carbonyl (C=O) groups excluding carboxylic acids is 1. The van der Waals surface area contributed by atoms with Crippen molar-refractivity contribution in [2.45, 2.75) is 19.9 Å². The third kappa shape index (κ3) is 6.86. The van der Waals surface area contributed by atoms with E-state index in [0.717, 1.165) is 17.9 Å². The Morgan fingerprint density at radius 2 is 1.74 bits per heavy atom. The normalized spacial score (nSPS) is 11.7. The number of amides is 1. The van der Waals surface area contributed by atoms with Crippen molar-refractivity contribution < 1.29 is 28.4 Å². The summed E-state index contributed by atoms with van der Waals surface area (Å²) in [7, 11) is 0. The van der Waals surface area contributed by atoms with Crippen molar-refractivity contribution in [3.63, 3.8) is 0 Å². The Morgan fingerprint density at radius 3 is 2.37 bits per heavy atom. The molecule has 0 radical (unpaired) electrons. The third-order valence-corrected chi connectivity index (χ3v) is 3.95. The Morgan fingerprint density at radius 1 is 1.07 bits per heavy atom. The molecule has 5 nitrogen and oxygen atoms in total. The smallest absolute Gasteiger partial charge is 0.275 e. The first kappa shape index (κ1) is 20.6. The molecule has 0 saturated carbocycles. The molecule has 1 atom stereocenters. The van der Waals surface area contributed by atoms with Crippen molar-refractivity contribution >= 4 is 5.91 Å². The maximum atomic E-state index is 13.3. The van der Waals surface area contributed by atoms with Gasteiger partial charge in [0.05, 0.1) is 13.2 Å². The fourth-order valence-corrected chi connectivity index (χ4v) is 2.45. The first-order valence-electron chi connectivity index (χ1n) is 8.90. The van der Waals surface area contributed by atoms with E-state index in [1.165, 1.54) is 6.07 Å². The first-order chi connectivity index (χ1) is 13.0. The third-order valence-electron chi connectivity index (χ3n) is 3.95. The van der Waals surface area contributed by atoms with Gasteiger partial charge in [-0.15, -0.1) is 0 Å². The van der Waals surface area contributed by atoms with E-state index in [9.17, 15) is 13.6 Å². The van der Waals surface area contributed by atoms with Crippen LogP contribution in [0.25, 0.3) is 0 Å². The fourth-order valence-electron chi connectivity index (χ4n) is 2.45. The summed E-state index contributed by atoms with van der Waals surface area (Å²) in [5.74, 6) is -0.436. The average molecular weight is 379 g/mol. The number of hydrogen-bond donors (Lipinski definition) is 2. The minimum absolute atomic E-state index is 0.153. The molecule has 0 aliphatic rings. The molecule has 0 bridgehead atoms. The molecule has 2 rings (SSSR count). The average Bonchev–Trinajstić information content (AvgIpc) is 2.67. The Labute approximate surface area is 157 Å². The molecule has 2 aromatic rings. The van der Waals surface area contributed by atoms with Crippen LogP contribution in [0.4, 0.5) is 8.78 Å². The highest BCUT2D eigenvalue weighted by atomic mass is 19.2. The predicted molar refractivity (Wildman–Crippen MR) is 97.7 cm³/mol. The molecule has 1 amide bonds. The van der Waals surface area contributed by atoms with Crippen molar-refractivity contribution in [2.75, 3.05) is 26.3 Å².